The minimum atomic E-state index is -0.614. The Balaban J connectivity index is 1.72. The molecule has 0 spiro atoms. The fraction of sp³-hybridized carbons (Fsp3) is 0.400. The Morgan fingerprint density at radius 1 is 1.33 bits per heavy atom. The minimum Gasteiger partial charge on any atom is -0.297 e. The molecule has 0 amide bonds. The summed E-state index contributed by atoms with van der Waals surface area (Å²) in [4.78, 5) is 6.90. The van der Waals surface area contributed by atoms with Crippen molar-refractivity contribution in [1.29, 1.82) is 0 Å². The van der Waals surface area contributed by atoms with Gasteiger partial charge in [0.2, 0.25) is 0 Å². The third-order valence-electron chi connectivity index (χ3n) is 3.54. The molecule has 21 heavy (non-hydrogen) atoms. The van der Waals surface area contributed by atoms with E-state index in [0.29, 0.717) is 5.88 Å². The van der Waals surface area contributed by atoms with Crippen LogP contribution in [-0.4, -0.2) is 38.7 Å². The van der Waals surface area contributed by atoms with Gasteiger partial charge in [-0.25, -0.2) is 4.98 Å². The lowest BCUT2D eigenvalue weighted by Gasteiger charge is -2.26. The summed E-state index contributed by atoms with van der Waals surface area (Å²) in [5, 5.41) is 3.03. The average Bonchev–Trinajstić information content (AvgIpc) is 2.99. The van der Waals surface area contributed by atoms with Crippen LogP contribution in [0.4, 0.5) is 0 Å². The molecule has 1 fully saturated rings. The second-order valence-electron chi connectivity index (χ2n) is 5.10. The van der Waals surface area contributed by atoms with Crippen molar-refractivity contribution >= 4 is 33.7 Å². The summed E-state index contributed by atoms with van der Waals surface area (Å²) >= 11 is 7.45. The van der Waals surface area contributed by atoms with Gasteiger partial charge in [0.1, 0.15) is 5.01 Å². The molecule has 0 saturated carbocycles. The van der Waals surface area contributed by atoms with Crippen LogP contribution in [0.1, 0.15) is 11.3 Å². The fourth-order valence-corrected chi connectivity index (χ4v) is 4.57. The highest BCUT2D eigenvalue weighted by molar-refractivity contribution is 7.85. The Hall–Kier alpha value is -0.750. The Labute approximate surface area is 136 Å². The molecule has 3 nitrogen and oxygen atoms in total. The number of hydrogen-bond donors (Lipinski definition) is 0. The standard InChI is InChI=1S/C15H17ClN2OS2/c16-9-14-11-20-15(17-14)13-3-1-2-12(8-13)10-18-4-6-21(19)7-5-18/h1-3,8,11H,4-7,9-10H2. The molecule has 0 atom stereocenters. The summed E-state index contributed by atoms with van der Waals surface area (Å²) in [6.45, 7) is 2.76. The van der Waals surface area contributed by atoms with Crippen LogP contribution in [0, 0.1) is 0 Å². The predicted molar refractivity (Wildman–Crippen MR) is 90.3 cm³/mol. The topological polar surface area (TPSA) is 33.2 Å². The van der Waals surface area contributed by atoms with Crippen LogP contribution in [0.3, 0.4) is 0 Å². The van der Waals surface area contributed by atoms with Crippen molar-refractivity contribution in [2.45, 2.75) is 12.4 Å². The maximum atomic E-state index is 11.4. The number of nitrogens with zero attached hydrogens (tertiary/aromatic N) is 2. The Kier molecular flexibility index (Phi) is 5.06. The van der Waals surface area contributed by atoms with Crippen molar-refractivity contribution in [3.05, 3.63) is 40.9 Å². The van der Waals surface area contributed by atoms with Crippen LogP contribution in [0.15, 0.2) is 29.6 Å². The van der Waals surface area contributed by atoms with Gasteiger partial charge in [-0.2, -0.15) is 0 Å². The largest absolute Gasteiger partial charge is 0.297 e. The molecule has 2 heterocycles. The van der Waals surface area contributed by atoms with Gasteiger partial charge in [0.05, 0.1) is 11.6 Å². The molecule has 1 aromatic heterocycles. The number of benzene rings is 1. The maximum Gasteiger partial charge on any atom is 0.123 e. The van der Waals surface area contributed by atoms with E-state index >= 15 is 0 Å². The molecule has 1 aliphatic heterocycles. The van der Waals surface area contributed by atoms with Gasteiger partial charge in [-0.1, -0.05) is 18.2 Å². The maximum absolute atomic E-state index is 11.4. The summed E-state index contributed by atoms with van der Waals surface area (Å²) in [6, 6.07) is 8.51. The molecule has 6 heteroatoms. The third kappa shape index (κ3) is 3.92. The monoisotopic (exact) mass is 340 g/mol. The fourth-order valence-electron chi connectivity index (χ4n) is 2.40. The average molecular weight is 341 g/mol. The molecule has 1 aromatic carbocycles. The van der Waals surface area contributed by atoms with Gasteiger partial charge in [-0.3, -0.25) is 9.11 Å². The van der Waals surface area contributed by atoms with Crippen molar-refractivity contribution in [1.82, 2.24) is 9.88 Å². The van der Waals surface area contributed by atoms with E-state index < -0.39 is 10.8 Å². The highest BCUT2D eigenvalue weighted by Crippen LogP contribution is 2.25. The van der Waals surface area contributed by atoms with Crippen LogP contribution >= 0.6 is 22.9 Å². The van der Waals surface area contributed by atoms with Crippen LogP contribution < -0.4 is 0 Å². The third-order valence-corrected chi connectivity index (χ3v) is 6.03. The summed E-state index contributed by atoms with van der Waals surface area (Å²) < 4.78 is 11.4. The number of halogens is 1. The van der Waals surface area contributed by atoms with Gasteiger partial charge in [0.15, 0.2) is 0 Å². The quantitative estimate of drug-likeness (QED) is 0.802. The summed E-state index contributed by atoms with van der Waals surface area (Å²) in [6.07, 6.45) is 0. The van der Waals surface area contributed by atoms with E-state index in [0.717, 1.165) is 47.4 Å². The second-order valence-corrected chi connectivity index (χ2v) is 7.92. The molecular weight excluding hydrogens is 324 g/mol. The number of rotatable bonds is 4. The SMILES string of the molecule is O=S1CCN(Cc2cccc(-c3nc(CCl)cs3)c2)CC1. The number of alkyl halides is 1. The molecule has 0 N–H and O–H groups in total. The normalized spacial score (nSPS) is 17.2. The Morgan fingerprint density at radius 3 is 2.86 bits per heavy atom. The van der Waals surface area contributed by atoms with Crippen molar-refractivity contribution in [2.75, 3.05) is 24.6 Å². The van der Waals surface area contributed by atoms with Gasteiger partial charge in [-0.05, 0) is 11.6 Å². The Morgan fingerprint density at radius 2 is 2.14 bits per heavy atom. The molecule has 1 aliphatic rings. The van der Waals surface area contributed by atoms with Crippen LogP contribution in [0.2, 0.25) is 0 Å². The van der Waals surface area contributed by atoms with E-state index in [9.17, 15) is 4.21 Å². The van der Waals surface area contributed by atoms with E-state index in [1.165, 1.54) is 5.56 Å². The molecule has 3 rings (SSSR count). The molecule has 0 radical (unpaired) electrons. The highest BCUT2D eigenvalue weighted by atomic mass is 35.5. The van der Waals surface area contributed by atoms with Gasteiger partial charge in [0, 0.05) is 52.9 Å². The number of aromatic nitrogens is 1. The second kappa shape index (κ2) is 7.01. The summed E-state index contributed by atoms with van der Waals surface area (Å²) in [5.74, 6) is 2.05. The van der Waals surface area contributed by atoms with Crippen LogP contribution in [0.25, 0.3) is 10.6 Å². The summed E-state index contributed by atoms with van der Waals surface area (Å²) in [7, 11) is -0.614. The molecule has 2 aromatic rings. The number of thiazole rings is 1. The zero-order chi connectivity index (χ0) is 14.7. The molecule has 0 aliphatic carbocycles. The van der Waals surface area contributed by atoms with E-state index in [1.807, 2.05) is 5.38 Å². The van der Waals surface area contributed by atoms with Crippen LogP contribution in [0.5, 0.6) is 0 Å². The molecule has 0 bridgehead atoms. The molecule has 1 saturated heterocycles. The number of hydrogen-bond acceptors (Lipinski definition) is 4. The first kappa shape index (κ1) is 15.2. The van der Waals surface area contributed by atoms with Gasteiger partial charge < -0.3 is 0 Å². The molecule has 0 unspecified atom stereocenters. The van der Waals surface area contributed by atoms with Crippen molar-refractivity contribution in [2.24, 2.45) is 0 Å². The first-order chi connectivity index (χ1) is 10.2. The van der Waals surface area contributed by atoms with Gasteiger partial charge >= 0.3 is 0 Å². The Bertz CT molecular complexity index is 634. The highest BCUT2D eigenvalue weighted by Gasteiger charge is 2.15. The van der Waals surface area contributed by atoms with E-state index in [-0.39, 0.29) is 0 Å². The first-order valence-electron chi connectivity index (χ1n) is 6.91. The van der Waals surface area contributed by atoms with Gasteiger partial charge in [0.25, 0.3) is 0 Å². The van der Waals surface area contributed by atoms with Crippen molar-refractivity contribution in [3.63, 3.8) is 0 Å². The van der Waals surface area contributed by atoms with Crippen molar-refractivity contribution < 1.29 is 4.21 Å². The predicted octanol–water partition coefficient (Wildman–Crippen LogP) is 3.11. The molecule has 112 valence electrons. The lowest BCUT2D eigenvalue weighted by molar-refractivity contribution is 0.291. The smallest absolute Gasteiger partial charge is 0.123 e. The van der Waals surface area contributed by atoms with E-state index in [4.69, 9.17) is 11.6 Å². The minimum absolute atomic E-state index is 0.459. The van der Waals surface area contributed by atoms with E-state index in [2.05, 4.69) is 34.1 Å². The zero-order valence-corrected chi connectivity index (χ0v) is 14.0. The first-order valence-corrected chi connectivity index (χ1v) is 9.82. The lowest BCUT2D eigenvalue weighted by atomic mass is 10.1. The summed E-state index contributed by atoms with van der Waals surface area (Å²) in [5.41, 5.74) is 3.36. The lowest BCUT2D eigenvalue weighted by Crippen LogP contribution is -2.37. The van der Waals surface area contributed by atoms with Gasteiger partial charge in [-0.15, -0.1) is 22.9 Å². The van der Waals surface area contributed by atoms with E-state index in [1.54, 1.807) is 11.3 Å². The zero-order valence-electron chi connectivity index (χ0n) is 11.6. The van der Waals surface area contributed by atoms with Crippen molar-refractivity contribution in [3.8, 4) is 10.6 Å². The molecular formula is C15H17ClN2OS2. The van der Waals surface area contributed by atoms with Crippen LogP contribution in [-0.2, 0) is 23.2 Å².